The summed E-state index contributed by atoms with van der Waals surface area (Å²) in [4.78, 5) is 27.7. The van der Waals surface area contributed by atoms with E-state index in [-0.39, 0.29) is 36.0 Å². The van der Waals surface area contributed by atoms with Gasteiger partial charge in [0.15, 0.2) is 0 Å². The second kappa shape index (κ2) is 12.8. The molecule has 2 fully saturated rings. The highest BCUT2D eigenvalue weighted by molar-refractivity contribution is 6.42. The summed E-state index contributed by atoms with van der Waals surface area (Å²) in [7, 11) is 0. The third-order valence-electron chi connectivity index (χ3n) is 8.31. The molecular weight excluding hydrogens is 592 g/mol. The fourth-order valence-corrected chi connectivity index (χ4v) is 6.35. The van der Waals surface area contributed by atoms with E-state index < -0.39 is 11.4 Å². The molecule has 43 heavy (non-hydrogen) atoms. The van der Waals surface area contributed by atoms with Gasteiger partial charge in [-0.15, -0.1) is 5.10 Å². The van der Waals surface area contributed by atoms with Crippen molar-refractivity contribution in [2.45, 2.75) is 95.9 Å². The number of benzene rings is 2. The zero-order chi connectivity index (χ0) is 30.9. The Morgan fingerprint density at radius 1 is 1.02 bits per heavy atom. The number of halogens is 3. The van der Waals surface area contributed by atoms with E-state index >= 15 is 0 Å². The second-order valence-electron chi connectivity index (χ2n) is 12.7. The molecule has 0 spiro atoms. The van der Waals surface area contributed by atoms with Crippen LogP contribution in [-0.4, -0.2) is 56.1 Å². The molecule has 3 aromatic rings. The second-order valence-corrected chi connectivity index (χ2v) is 13.5. The Hall–Kier alpha value is -3.17. The predicted octanol–water partition coefficient (Wildman–Crippen LogP) is 7.81. The number of nitrogens with zero attached hydrogens (tertiary/aromatic N) is 4. The molecule has 1 aliphatic carbocycles. The van der Waals surface area contributed by atoms with E-state index in [2.05, 4.69) is 22.6 Å². The van der Waals surface area contributed by atoms with E-state index in [1.807, 2.05) is 31.6 Å². The molecule has 11 heteroatoms. The van der Waals surface area contributed by atoms with Crippen LogP contribution in [-0.2, 0) is 4.74 Å². The minimum Gasteiger partial charge on any atom is -0.444 e. The van der Waals surface area contributed by atoms with E-state index in [0.29, 0.717) is 33.3 Å². The van der Waals surface area contributed by atoms with Crippen LogP contribution < -0.4 is 5.32 Å². The molecule has 1 saturated heterocycles. The zero-order valence-corrected chi connectivity index (χ0v) is 26.5. The maximum Gasteiger partial charge on any atom is 0.410 e. The summed E-state index contributed by atoms with van der Waals surface area (Å²) in [6.45, 7) is 8.31. The van der Waals surface area contributed by atoms with Crippen LogP contribution in [0.2, 0.25) is 10.0 Å². The molecule has 1 aliphatic heterocycles. The molecule has 2 amide bonds. The minimum atomic E-state index is -0.520. The molecule has 8 nitrogen and oxygen atoms in total. The lowest BCUT2D eigenvalue weighted by Crippen LogP contribution is -2.46. The van der Waals surface area contributed by atoms with Crippen LogP contribution in [0.1, 0.15) is 94.2 Å². The highest BCUT2D eigenvalue weighted by Gasteiger charge is 2.34. The first-order valence-electron chi connectivity index (χ1n) is 14.8. The largest absolute Gasteiger partial charge is 0.444 e. The quantitative estimate of drug-likeness (QED) is 0.311. The number of hydrogen-bond acceptors (Lipinski definition) is 5. The van der Waals surface area contributed by atoms with Gasteiger partial charge in [-0.2, -0.15) is 0 Å². The maximum absolute atomic E-state index is 14.2. The van der Waals surface area contributed by atoms with Gasteiger partial charge in [0.25, 0.3) is 5.91 Å². The number of rotatable bonds is 5. The van der Waals surface area contributed by atoms with Gasteiger partial charge in [-0.3, -0.25) is 4.79 Å². The number of piperidine rings is 1. The van der Waals surface area contributed by atoms with Crippen molar-refractivity contribution >= 4 is 35.2 Å². The lowest BCUT2D eigenvalue weighted by Gasteiger charge is -2.37. The molecule has 2 aliphatic rings. The van der Waals surface area contributed by atoms with Gasteiger partial charge in [0, 0.05) is 36.3 Å². The van der Waals surface area contributed by atoms with E-state index in [0.717, 1.165) is 44.2 Å². The van der Waals surface area contributed by atoms with Crippen molar-refractivity contribution in [1.29, 1.82) is 0 Å². The lowest BCUT2D eigenvalue weighted by atomic mass is 9.89. The van der Waals surface area contributed by atoms with Crippen LogP contribution in [0.15, 0.2) is 42.6 Å². The molecule has 230 valence electrons. The van der Waals surface area contributed by atoms with Crippen molar-refractivity contribution in [2.75, 3.05) is 6.54 Å². The number of likely N-dealkylation sites (tertiary alicyclic amines) is 1. The summed E-state index contributed by atoms with van der Waals surface area (Å²) in [6.07, 6.45) is 6.69. The topological polar surface area (TPSA) is 89.4 Å². The zero-order valence-electron chi connectivity index (χ0n) is 24.9. The molecule has 1 N–H and O–H groups in total. The third kappa shape index (κ3) is 7.50. The molecule has 2 unspecified atom stereocenters. The standard InChI is InChI=1S/C32H38Cl2FN5O3/c1-19-15-21(13-14-39(19)31(42)43-32(2,3)4)29-18-40(38-37-29)24-9-7-23(8-10-24)36-30(41)25-11-6-22(35)17-26(25)20-5-12-27(33)28(34)16-20/h5-6,11-12,16-19,21,23-24H,7-10,13-15H2,1-4H3,(H,36,41). The van der Waals surface area contributed by atoms with Gasteiger partial charge >= 0.3 is 6.09 Å². The first kappa shape index (κ1) is 31.3. The van der Waals surface area contributed by atoms with Crippen molar-refractivity contribution in [1.82, 2.24) is 25.2 Å². The van der Waals surface area contributed by atoms with Crippen LogP contribution in [0.5, 0.6) is 0 Å². The van der Waals surface area contributed by atoms with Crippen molar-refractivity contribution in [3.63, 3.8) is 0 Å². The molecule has 2 atom stereocenters. The summed E-state index contributed by atoms with van der Waals surface area (Å²) in [6, 6.07) is 9.38. The van der Waals surface area contributed by atoms with Crippen molar-refractivity contribution in [2.24, 2.45) is 0 Å². The van der Waals surface area contributed by atoms with Gasteiger partial charge in [-0.25, -0.2) is 13.9 Å². The Labute approximate surface area is 261 Å². The van der Waals surface area contributed by atoms with E-state index in [4.69, 9.17) is 27.9 Å². The number of nitrogens with one attached hydrogen (secondary N) is 1. The number of aromatic nitrogens is 3. The number of carbonyl (C=O) groups is 2. The molecule has 2 heterocycles. The third-order valence-corrected chi connectivity index (χ3v) is 9.05. The highest BCUT2D eigenvalue weighted by atomic mass is 35.5. The fourth-order valence-electron chi connectivity index (χ4n) is 6.05. The van der Waals surface area contributed by atoms with Crippen molar-refractivity contribution in [3.8, 4) is 11.1 Å². The van der Waals surface area contributed by atoms with Crippen LogP contribution in [0.4, 0.5) is 9.18 Å². The van der Waals surface area contributed by atoms with E-state index in [9.17, 15) is 14.0 Å². The lowest BCUT2D eigenvalue weighted by molar-refractivity contribution is 0.0102. The normalized spacial score (nSPS) is 22.7. The Bertz CT molecular complexity index is 1480. The van der Waals surface area contributed by atoms with Crippen molar-refractivity contribution < 1.29 is 18.7 Å². The van der Waals surface area contributed by atoms with Crippen LogP contribution in [0, 0.1) is 5.82 Å². The van der Waals surface area contributed by atoms with Gasteiger partial charge in [-0.1, -0.05) is 34.5 Å². The number of amides is 2. The Kier molecular flexibility index (Phi) is 9.32. The molecular formula is C32H38Cl2FN5O3. The van der Waals surface area contributed by atoms with Crippen LogP contribution in [0.25, 0.3) is 11.1 Å². The molecule has 0 bridgehead atoms. The van der Waals surface area contributed by atoms with Crippen LogP contribution in [0.3, 0.4) is 0 Å². The monoisotopic (exact) mass is 629 g/mol. The van der Waals surface area contributed by atoms with Crippen LogP contribution >= 0.6 is 23.2 Å². The summed E-state index contributed by atoms with van der Waals surface area (Å²) in [5.41, 5.74) is 1.90. The predicted molar refractivity (Wildman–Crippen MR) is 165 cm³/mol. The maximum atomic E-state index is 14.2. The number of ether oxygens (including phenoxy) is 1. The number of carbonyl (C=O) groups excluding carboxylic acids is 2. The summed E-state index contributed by atoms with van der Waals surface area (Å²) in [5.74, 6) is -0.453. The van der Waals surface area contributed by atoms with Gasteiger partial charge in [-0.05, 0) is 108 Å². The summed E-state index contributed by atoms with van der Waals surface area (Å²) < 4.78 is 21.7. The summed E-state index contributed by atoms with van der Waals surface area (Å²) in [5, 5.41) is 12.8. The minimum absolute atomic E-state index is 0.00326. The van der Waals surface area contributed by atoms with Crippen molar-refractivity contribution in [3.05, 3.63) is 69.7 Å². The Morgan fingerprint density at radius 3 is 2.44 bits per heavy atom. The van der Waals surface area contributed by atoms with E-state index in [1.54, 1.807) is 23.1 Å². The SMILES string of the molecule is CC1CC(c2cn(C3CCC(NC(=O)c4ccc(F)cc4-c4ccc(Cl)c(Cl)c4)CC3)nn2)CCN1C(=O)OC(C)(C)C. The first-order valence-corrected chi connectivity index (χ1v) is 15.6. The Morgan fingerprint density at radius 2 is 1.77 bits per heavy atom. The van der Waals surface area contributed by atoms with Gasteiger partial charge in [0.1, 0.15) is 11.4 Å². The fraction of sp³-hybridized carbons (Fsp3) is 0.500. The van der Waals surface area contributed by atoms with Gasteiger partial charge in [0.2, 0.25) is 0 Å². The average molecular weight is 631 g/mol. The molecule has 1 saturated carbocycles. The van der Waals surface area contributed by atoms with Gasteiger partial charge in [0.05, 0.1) is 21.8 Å². The number of hydrogen-bond donors (Lipinski definition) is 1. The Balaban J connectivity index is 1.16. The van der Waals surface area contributed by atoms with Gasteiger partial charge < -0.3 is 15.0 Å². The smallest absolute Gasteiger partial charge is 0.410 e. The highest BCUT2D eigenvalue weighted by Crippen LogP contribution is 2.34. The summed E-state index contributed by atoms with van der Waals surface area (Å²) >= 11 is 12.2. The molecule has 5 rings (SSSR count). The average Bonchev–Trinajstić information content (AvgIpc) is 3.44. The molecule has 1 aromatic heterocycles. The van der Waals surface area contributed by atoms with E-state index in [1.165, 1.54) is 18.2 Å². The first-order chi connectivity index (χ1) is 20.4. The molecule has 0 radical (unpaired) electrons. The molecule has 2 aromatic carbocycles.